The topological polar surface area (TPSA) is 29.1 Å². The Kier molecular flexibility index (Phi) is 1.89. The van der Waals surface area contributed by atoms with E-state index in [-0.39, 0.29) is 11.8 Å². The number of allylic oxidation sites excluding steroid dienone is 5. The molecule has 66 valence electrons. The van der Waals surface area contributed by atoms with Gasteiger partial charge in [0, 0.05) is 11.8 Å². The van der Waals surface area contributed by atoms with Crippen molar-refractivity contribution in [2.45, 2.75) is 13.0 Å². The van der Waals surface area contributed by atoms with Gasteiger partial charge in [0.15, 0.2) is 5.78 Å². The van der Waals surface area contributed by atoms with Crippen LogP contribution >= 0.6 is 0 Å². The normalized spacial score (nSPS) is 24.2. The molecule has 2 rings (SSSR count). The van der Waals surface area contributed by atoms with Crippen LogP contribution in [0.4, 0.5) is 0 Å². The number of Topliss-reactive ketones (excluding diaryl/α,β-unsaturated/α-hetero) is 1. The Morgan fingerprint density at radius 2 is 2.31 bits per heavy atom. The molecule has 2 nitrogen and oxygen atoms in total. The van der Waals surface area contributed by atoms with Crippen molar-refractivity contribution in [3.05, 3.63) is 47.7 Å². The minimum Gasteiger partial charge on any atom is -0.381 e. The Labute approximate surface area is 77.3 Å². The monoisotopic (exact) mass is 173 g/mol. The summed E-state index contributed by atoms with van der Waals surface area (Å²) in [5.41, 5.74) is 1.78. The molecule has 0 aromatic heterocycles. The molecule has 1 N–H and O–H groups in total. The lowest BCUT2D eigenvalue weighted by molar-refractivity contribution is -0.113. The molecule has 1 heterocycles. The number of fused-ring (bicyclic) bond motifs is 1. The third-order valence-corrected chi connectivity index (χ3v) is 2.17. The van der Waals surface area contributed by atoms with E-state index in [1.807, 2.05) is 18.2 Å². The van der Waals surface area contributed by atoms with Crippen LogP contribution in [0.1, 0.15) is 6.92 Å². The van der Waals surface area contributed by atoms with E-state index in [1.54, 1.807) is 13.1 Å². The number of carbonyl (C=O) groups is 1. The second-order valence-corrected chi connectivity index (χ2v) is 3.17. The van der Waals surface area contributed by atoms with Gasteiger partial charge < -0.3 is 5.32 Å². The van der Waals surface area contributed by atoms with Crippen LogP contribution in [0.3, 0.4) is 0 Å². The van der Waals surface area contributed by atoms with Gasteiger partial charge in [0.25, 0.3) is 0 Å². The molecule has 2 heteroatoms. The number of rotatable bonds is 1. The average molecular weight is 173 g/mol. The molecule has 1 unspecified atom stereocenters. The molecule has 1 aliphatic heterocycles. The SMILES string of the molecule is CC(=O)C1=CNC2C=CC=CC1=C2. The van der Waals surface area contributed by atoms with Crippen LogP contribution in [0.5, 0.6) is 0 Å². The number of nitrogens with one attached hydrogen (secondary N) is 1. The van der Waals surface area contributed by atoms with Gasteiger partial charge in [0.1, 0.15) is 0 Å². The highest BCUT2D eigenvalue weighted by Gasteiger charge is 2.15. The Bertz CT molecular complexity index is 358. The number of hydrogen-bond donors (Lipinski definition) is 1. The Morgan fingerprint density at radius 3 is 3.08 bits per heavy atom. The van der Waals surface area contributed by atoms with Crippen molar-refractivity contribution >= 4 is 5.78 Å². The summed E-state index contributed by atoms with van der Waals surface area (Å²) < 4.78 is 0. The molecule has 1 aliphatic carbocycles. The zero-order valence-corrected chi connectivity index (χ0v) is 7.45. The van der Waals surface area contributed by atoms with E-state index in [4.69, 9.17) is 0 Å². The fourth-order valence-corrected chi connectivity index (χ4v) is 1.50. The van der Waals surface area contributed by atoms with Crippen molar-refractivity contribution in [3.8, 4) is 0 Å². The van der Waals surface area contributed by atoms with Gasteiger partial charge in [-0.15, -0.1) is 0 Å². The smallest absolute Gasteiger partial charge is 0.161 e. The van der Waals surface area contributed by atoms with Crippen LogP contribution in [0.25, 0.3) is 0 Å². The largest absolute Gasteiger partial charge is 0.381 e. The molecule has 0 radical (unpaired) electrons. The van der Waals surface area contributed by atoms with E-state index >= 15 is 0 Å². The lowest BCUT2D eigenvalue weighted by Crippen LogP contribution is -2.25. The van der Waals surface area contributed by atoms with Crippen molar-refractivity contribution in [1.82, 2.24) is 5.32 Å². The van der Waals surface area contributed by atoms with E-state index in [0.29, 0.717) is 0 Å². The van der Waals surface area contributed by atoms with Gasteiger partial charge in [-0.3, -0.25) is 4.79 Å². The van der Waals surface area contributed by atoms with Crippen molar-refractivity contribution in [2.75, 3.05) is 0 Å². The highest BCUT2D eigenvalue weighted by molar-refractivity contribution is 5.98. The minimum absolute atomic E-state index is 0.101. The number of ketones is 1. The molecule has 0 fully saturated rings. The summed E-state index contributed by atoms with van der Waals surface area (Å²) in [6.45, 7) is 1.58. The summed E-state index contributed by atoms with van der Waals surface area (Å²) in [5.74, 6) is 0.101. The molecular formula is C11H11NO. The Morgan fingerprint density at radius 1 is 1.46 bits per heavy atom. The molecule has 0 aromatic carbocycles. The van der Waals surface area contributed by atoms with Crippen LogP contribution < -0.4 is 5.32 Å². The first-order valence-electron chi connectivity index (χ1n) is 4.31. The molecule has 0 amide bonds. The van der Waals surface area contributed by atoms with Gasteiger partial charge in [-0.2, -0.15) is 0 Å². The van der Waals surface area contributed by atoms with Crippen molar-refractivity contribution < 1.29 is 4.79 Å². The molecule has 2 aliphatic rings. The van der Waals surface area contributed by atoms with Crippen LogP contribution in [0, 0.1) is 0 Å². The Hall–Kier alpha value is -1.57. The molecule has 0 aromatic rings. The lowest BCUT2D eigenvalue weighted by atomic mass is 9.99. The van der Waals surface area contributed by atoms with E-state index in [0.717, 1.165) is 11.1 Å². The third-order valence-electron chi connectivity index (χ3n) is 2.17. The zero-order chi connectivity index (χ0) is 9.26. The highest BCUT2D eigenvalue weighted by atomic mass is 16.1. The van der Waals surface area contributed by atoms with E-state index in [9.17, 15) is 4.79 Å². The fraction of sp³-hybridized carbons (Fsp3) is 0.182. The molecule has 0 saturated heterocycles. The maximum absolute atomic E-state index is 11.2. The van der Waals surface area contributed by atoms with Crippen molar-refractivity contribution in [2.24, 2.45) is 0 Å². The van der Waals surface area contributed by atoms with Crippen molar-refractivity contribution in [3.63, 3.8) is 0 Å². The van der Waals surface area contributed by atoms with Crippen LogP contribution in [0.2, 0.25) is 0 Å². The molecular weight excluding hydrogens is 162 g/mol. The predicted molar refractivity (Wildman–Crippen MR) is 52.1 cm³/mol. The first-order chi connectivity index (χ1) is 6.27. The van der Waals surface area contributed by atoms with E-state index in [1.165, 1.54) is 0 Å². The van der Waals surface area contributed by atoms with Crippen molar-refractivity contribution in [1.29, 1.82) is 0 Å². The number of dihydropyridines is 1. The highest BCUT2D eigenvalue weighted by Crippen LogP contribution is 2.19. The fourth-order valence-electron chi connectivity index (χ4n) is 1.50. The van der Waals surface area contributed by atoms with Crippen LogP contribution in [0.15, 0.2) is 47.7 Å². The molecule has 0 saturated carbocycles. The summed E-state index contributed by atoms with van der Waals surface area (Å²) in [4.78, 5) is 11.2. The first-order valence-corrected chi connectivity index (χ1v) is 4.31. The van der Waals surface area contributed by atoms with Gasteiger partial charge in [-0.1, -0.05) is 30.4 Å². The van der Waals surface area contributed by atoms with Gasteiger partial charge in [-0.05, 0) is 12.5 Å². The summed E-state index contributed by atoms with van der Waals surface area (Å²) in [6, 6.07) is 0.230. The van der Waals surface area contributed by atoms with Gasteiger partial charge in [-0.25, -0.2) is 0 Å². The average Bonchev–Trinajstić information content (AvgIpc) is 2.28. The predicted octanol–water partition coefficient (Wildman–Crippen LogP) is 1.48. The minimum atomic E-state index is 0.101. The third kappa shape index (κ3) is 1.47. The lowest BCUT2D eigenvalue weighted by Gasteiger charge is -2.17. The summed E-state index contributed by atoms with van der Waals surface area (Å²) in [5, 5.41) is 3.14. The maximum atomic E-state index is 11.2. The summed E-state index contributed by atoms with van der Waals surface area (Å²) in [6.07, 6.45) is 11.8. The summed E-state index contributed by atoms with van der Waals surface area (Å²) in [7, 11) is 0. The summed E-state index contributed by atoms with van der Waals surface area (Å²) >= 11 is 0. The number of hydrogen-bond acceptors (Lipinski definition) is 2. The van der Waals surface area contributed by atoms with E-state index in [2.05, 4.69) is 17.5 Å². The molecule has 0 spiro atoms. The second kappa shape index (κ2) is 3.05. The quantitative estimate of drug-likeness (QED) is 0.650. The standard InChI is InChI=1S/C11H11NO/c1-8(13)11-7-12-10-5-3-2-4-9(11)6-10/h2-7,10,12H,1H3. The molecule has 2 bridgehead atoms. The first kappa shape index (κ1) is 8.05. The van der Waals surface area contributed by atoms with Gasteiger partial charge in [0.05, 0.1) is 6.04 Å². The maximum Gasteiger partial charge on any atom is 0.161 e. The van der Waals surface area contributed by atoms with E-state index < -0.39 is 0 Å². The van der Waals surface area contributed by atoms with Crippen LogP contribution in [-0.4, -0.2) is 11.8 Å². The van der Waals surface area contributed by atoms with Gasteiger partial charge >= 0.3 is 0 Å². The second-order valence-electron chi connectivity index (χ2n) is 3.17. The van der Waals surface area contributed by atoms with Gasteiger partial charge in [0.2, 0.25) is 0 Å². The molecule has 1 atom stereocenters. The zero-order valence-electron chi connectivity index (χ0n) is 7.45. The van der Waals surface area contributed by atoms with Crippen LogP contribution in [-0.2, 0) is 4.79 Å². The Balaban J connectivity index is 2.37. The molecule has 13 heavy (non-hydrogen) atoms. The number of carbonyl (C=O) groups excluding carboxylic acids is 1.